The third-order valence-electron chi connectivity index (χ3n) is 2.70. The van der Waals surface area contributed by atoms with Gasteiger partial charge in [0.25, 0.3) is 0 Å². The van der Waals surface area contributed by atoms with Gasteiger partial charge in [0.1, 0.15) is 6.04 Å². The van der Waals surface area contributed by atoms with Crippen molar-refractivity contribution >= 4 is 11.9 Å². The topological polar surface area (TPSA) is 92.4 Å². The number of carbonyl (C=O) groups is 2. The van der Waals surface area contributed by atoms with Crippen LogP contribution < -0.4 is 11.1 Å². The van der Waals surface area contributed by atoms with E-state index in [1.165, 1.54) is 0 Å². The summed E-state index contributed by atoms with van der Waals surface area (Å²) in [5.74, 6) is -1.39. The Balaban J connectivity index is 2.73. The van der Waals surface area contributed by atoms with Crippen molar-refractivity contribution in [1.29, 1.82) is 0 Å². The highest BCUT2D eigenvalue weighted by molar-refractivity contribution is 5.94. The molecule has 0 saturated heterocycles. The fourth-order valence-electron chi connectivity index (χ4n) is 1.75. The summed E-state index contributed by atoms with van der Waals surface area (Å²) in [5, 5.41) is 11.9. The molecule has 0 aliphatic rings. The molecule has 98 valence electrons. The van der Waals surface area contributed by atoms with Crippen LogP contribution in [0.5, 0.6) is 0 Å². The van der Waals surface area contributed by atoms with E-state index in [9.17, 15) is 9.59 Å². The second-order valence-corrected chi connectivity index (χ2v) is 4.08. The minimum absolute atomic E-state index is 0.316. The van der Waals surface area contributed by atoms with E-state index in [1.807, 2.05) is 6.92 Å². The molecule has 5 heteroatoms. The quantitative estimate of drug-likeness (QED) is 0.676. The highest BCUT2D eigenvalue weighted by Crippen LogP contribution is 2.08. The predicted molar refractivity (Wildman–Crippen MR) is 68.1 cm³/mol. The Morgan fingerprint density at radius 2 is 2.06 bits per heavy atom. The number of carboxylic acids is 1. The van der Waals surface area contributed by atoms with Gasteiger partial charge in [0.15, 0.2) is 0 Å². The molecule has 1 amide bonds. The van der Waals surface area contributed by atoms with Crippen molar-refractivity contribution in [1.82, 2.24) is 5.32 Å². The van der Waals surface area contributed by atoms with E-state index in [2.05, 4.69) is 5.32 Å². The number of nitrogens with two attached hydrogens (primary N) is 1. The number of rotatable bonds is 7. The molecule has 1 unspecified atom stereocenters. The monoisotopic (exact) mass is 250 g/mol. The van der Waals surface area contributed by atoms with Crippen LogP contribution in [0.4, 0.5) is 0 Å². The van der Waals surface area contributed by atoms with Crippen LogP contribution in [0.3, 0.4) is 0 Å². The average Bonchev–Trinajstić information content (AvgIpc) is 2.34. The van der Waals surface area contributed by atoms with Gasteiger partial charge >= 0.3 is 5.97 Å². The zero-order chi connectivity index (χ0) is 13.5. The van der Waals surface area contributed by atoms with Crippen LogP contribution in [0.2, 0.25) is 0 Å². The maximum atomic E-state index is 11.2. The number of benzene rings is 1. The lowest BCUT2D eigenvalue weighted by atomic mass is 10.1. The number of hydrogen-bond donors (Lipinski definition) is 3. The summed E-state index contributed by atoms with van der Waals surface area (Å²) in [6.07, 6.45) is 1.33. The summed E-state index contributed by atoms with van der Waals surface area (Å²) in [6, 6.07) is 6.31. The first-order chi connectivity index (χ1) is 8.56. The fourth-order valence-corrected chi connectivity index (χ4v) is 1.75. The molecule has 1 atom stereocenters. The number of primary amides is 1. The van der Waals surface area contributed by atoms with Crippen molar-refractivity contribution in [3.8, 4) is 0 Å². The van der Waals surface area contributed by atoms with Crippen molar-refractivity contribution < 1.29 is 14.7 Å². The lowest BCUT2D eigenvalue weighted by molar-refractivity contribution is -0.139. The number of aliphatic carboxylic acids is 1. The molecule has 0 aromatic heterocycles. The lowest BCUT2D eigenvalue weighted by Crippen LogP contribution is -2.36. The van der Waals surface area contributed by atoms with Crippen LogP contribution in [0.1, 0.15) is 35.7 Å². The highest BCUT2D eigenvalue weighted by atomic mass is 16.4. The van der Waals surface area contributed by atoms with Crippen molar-refractivity contribution in [3.05, 3.63) is 35.4 Å². The maximum absolute atomic E-state index is 11.2. The van der Waals surface area contributed by atoms with Crippen LogP contribution in [0.25, 0.3) is 0 Å². The molecular weight excluding hydrogens is 232 g/mol. The first kappa shape index (κ1) is 14.2. The Labute approximate surface area is 106 Å². The van der Waals surface area contributed by atoms with E-state index in [0.29, 0.717) is 24.1 Å². The molecule has 0 spiro atoms. The standard InChI is InChI=1S/C13H18N2O3/c1-2-5-11(13(17)18)15-8-9-6-3-4-7-10(9)12(14)16/h3-4,6-7,11,15H,2,5,8H2,1H3,(H2,14,16)(H,17,18). The summed E-state index contributed by atoms with van der Waals surface area (Å²) in [5.41, 5.74) is 6.39. The SMILES string of the molecule is CCCC(NCc1ccccc1C(N)=O)C(=O)O. The van der Waals surface area contributed by atoms with Gasteiger partial charge in [0.05, 0.1) is 0 Å². The summed E-state index contributed by atoms with van der Waals surface area (Å²) in [4.78, 5) is 22.2. The Morgan fingerprint density at radius 3 is 2.61 bits per heavy atom. The van der Waals surface area contributed by atoms with E-state index in [1.54, 1.807) is 24.3 Å². The van der Waals surface area contributed by atoms with Gasteiger partial charge in [-0.3, -0.25) is 9.59 Å². The first-order valence-electron chi connectivity index (χ1n) is 5.90. The third-order valence-corrected chi connectivity index (χ3v) is 2.70. The second-order valence-electron chi connectivity index (χ2n) is 4.08. The van der Waals surface area contributed by atoms with Crippen molar-refractivity contribution in [2.75, 3.05) is 0 Å². The van der Waals surface area contributed by atoms with Gasteiger partial charge in [-0.05, 0) is 18.1 Å². The average molecular weight is 250 g/mol. The van der Waals surface area contributed by atoms with Crippen LogP contribution in [0, 0.1) is 0 Å². The number of hydrogen-bond acceptors (Lipinski definition) is 3. The largest absolute Gasteiger partial charge is 0.480 e. The molecule has 0 bridgehead atoms. The van der Waals surface area contributed by atoms with Gasteiger partial charge in [-0.25, -0.2) is 0 Å². The fraction of sp³-hybridized carbons (Fsp3) is 0.385. The Morgan fingerprint density at radius 1 is 1.39 bits per heavy atom. The molecule has 0 radical (unpaired) electrons. The Kier molecular flexibility index (Phi) is 5.32. The van der Waals surface area contributed by atoms with Crippen LogP contribution in [0.15, 0.2) is 24.3 Å². The van der Waals surface area contributed by atoms with Crippen molar-refractivity contribution in [3.63, 3.8) is 0 Å². The molecule has 0 aliphatic carbocycles. The van der Waals surface area contributed by atoms with E-state index in [0.717, 1.165) is 6.42 Å². The molecule has 0 fully saturated rings. The van der Waals surface area contributed by atoms with Gasteiger partial charge in [0.2, 0.25) is 5.91 Å². The van der Waals surface area contributed by atoms with Gasteiger partial charge < -0.3 is 16.2 Å². The molecular formula is C13H18N2O3. The minimum Gasteiger partial charge on any atom is -0.480 e. The lowest BCUT2D eigenvalue weighted by Gasteiger charge is -2.14. The normalized spacial score (nSPS) is 12.1. The summed E-state index contributed by atoms with van der Waals surface area (Å²) >= 11 is 0. The molecule has 0 saturated carbocycles. The molecule has 4 N–H and O–H groups in total. The van der Waals surface area contributed by atoms with E-state index < -0.39 is 17.9 Å². The molecule has 1 rings (SSSR count). The van der Waals surface area contributed by atoms with Crippen LogP contribution >= 0.6 is 0 Å². The summed E-state index contributed by atoms with van der Waals surface area (Å²) < 4.78 is 0. The molecule has 1 aromatic carbocycles. The third kappa shape index (κ3) is 3.85. The summed E-state index contributed by atoms with van der Waals surface area (Å²) in [7, 11) is 0. The number of carboxylic acid groups (broad SMARTS) is 1. The maximum Gasteiger partial charge on any atom is 0.320 e. The van der Waals surface area contributed by atoms with Crippen LogP contribution in [-0.2, 0) is 11.3 Å². The van der Waals surface area contributed by atoms with Gasteiger partial charge in [0, 0.05) is 12.1 Å². The second kappa shape index (κ2) is 6.76. The number of amides is 1. The zero-order valence-corrected chi connectivity index (χ0v) is 10.3. The van der Waals surface area contributed by atoms with Gasteiger partial charge in [-0.1, -0.05) is 31.5 Å². The van der Waals surface area contributed by atoms with Crippen molar-refractivity contribution in [2.45, 2.75) is 32.4 Å². The molecule has 5 nitrogen and oxygen atoms in total. The first-order valence-corrected chi connectivity index (χ1v) is 5.90. The van der Waals surface area contributed by atoms with E-state index >= 15 is 0 Å². The Hall–Kier alpha value is -1.88. The van der Waals surface area contributed by atoms with Crippen molar-refractivity contribution in [2.24, 2.45) is 5.73 Å². The van der Waals surface area contributed by atoms with Gasteiger partial charge in [-0.15, -0.1) is 0 Å². The predicted octanol–water partition coefficient (Wildman–Crippen LogP) is 1.13. The van der Waals surface area contributed by atoms with E-state index in [4.69, 9.17) is 10.8 Å². The van der Waals surface area contributed by atoms with Gasteiger partial charge in [-0.2, -0.15) is 0 Å². The minimum atomic E-state index is -0.881. The van der Waals surface area contributed by atoms with E-state index in [-0.39, 0.29) is 0 Å². The Bertz CT molecular complexity index is 432. The zero-order valence-electron chi connectivity index (χ0n) is 10.3. The molecule has 18 heavy (non-hydrogen) atoms. The highest BCUT2D eigenvalue weighted by Gasteiger charge is 2.16. The smallest absolute Gasteiger partial charge is 0.320 e. The molecule has 1 aromatic rings. The molecule has 0 aliphatic heterocycles. The summed E-state index contributed by atoms with van der Waals surface area (Å²) in [6.45, 7) is 2.24. The molecule has 0 heterocycles. The van der Waals surface area contributed by atoms with Crippen LogP contribution in [-0.4, -0.2) is 23.0 Å². The number of nitrogens with one attached hydrogen (secondary N) is 1. The number of carbonyl (C=O) groups excluding carboxylic acids is 1.